The molecule has 0 radical (unpaired) electrons. The van der Waals surface area contributed by atoms with Crippen LogP contribution in [0.25, 0.3) is 10.4 Å². The molecule has 0 aromatic carbocycles. The number of nitrogens with zero attached hydrogens (tertiary/aromatic N) is 4. The Morgan fingerprint density at radius 2 is 2.33 bits per heavy atom. The van der Waals surface area contributed by atoms with Crippen LogP contribution < -0.4 is 0 Å². The van der Waals surface area contributed by atoms with Gasteiger partial charge < -0.3 is 4.74 Å². The van der Waals surface area contributed by atoms with Gasteiger partial charge in [0.15, 0.2) is 5.41 Å². The van der Waals surface area contributed by atoms with Gasteiger partial charge in [-0.1, -0.05) is 19.0 Å². The van der Waals surface area contributed by atoms with E-state index in [1.807, 2.05) is 6.07 Å². The van der Waals surface area contributed by atoms with Crippen LogP contribution in [-0.2, 0) is 9.53 Å². The molecular weight excluding hydrogens is 196 g/mol. The van der Waals surface area contributed by atoms with E-state index >= 15 is 0 Å². The third kappa shape index (κ3) is 1.24. The van der Waals surface area contributed by atoms with Gasteiger partial charge in [0.25, 0.3) is 0 Å². The summed E-state index contributed by atoms with van der Waals surface area (Å²) in [5, 5.41) is 12.5. The van der Waals surface area contributed by atoms with Crippen molar-refractivity contribution in [2.24, 2.45) is 15.9 Å². The summed E-state index contributed by atoms with van der Waals surface area (Å²) in [5.41, 5.74) is 6.38. The second kappa shape index (κ2) is 3.44. The van der Waals surface area contributed by atoms with E-state index in [-0.39, 0.29) is 6.61 Å². The van der Waals surface area contributed by atoms with Crippen molar-refractivity contribution in [3.8, 4) is 6.07 Å². The molecule has 0 aromatic heterocycles. The molecule has 80 valence electrons. The van der Waals surface area contributed by atoms with Gasteiger partial charge in [0, 0.05) is 10.3 Å². The molecule has 0 spiro atoms. The SMILES string of the molecule is CCOC(=O)C1(C#N)C(N=[N+]=[N-])C1(C)C. The number of esters is 1. The van der Waals surface area contributed by atoms with Gasteiger partial charge in [-0.05, 0) is 12.5 Å². The van der Waals surface area contributed by atoms with Crippen LogP contribution >= 0.6 is 0 Å². The van der Waals surface area contributed by atoms with Crippen molar-refractivity contribution in [1.82, 2.24) is 0 Å². The first-order chi connectivity index (χ1) is 6.98. The molecule has 1 saturated carbocycles. The Kier molecular flexibility index (Phi) is 2.61. The van der Waals surface area contributed by atoms with Crippen LogP contribution in [0.3, 0.4) is 0 Å². The smallest absolute Gasteiger partial charge is 0.327 e. The van der Waals surface area contributed by atoms with Crippen LogP contribution in [0.4, 0.5) is 0 Å². The lowest BCUT2D eigenvalue weighted by molar-refractivity contribution is -0.148. The summed E-state index contributed by atoms with van der Waals surface area (Å²) in [6.45, 7) is 5.31. The predicted molar refractivity (Wildman–Crippen MR) is 51.4 cm³/mol. The van der Waals surface area contributed by atoms with Crippen molar-refractivity contribution < 1.29 is 9.53 Å². The summed E-state index contributed by atoms with van der Waals surface area (Å²) >= 11 is 0. The maximum absolute atomic E-state index is 11.6. The zero-order chi connectivity index (χ0) is 11.7. The number of hydrogen-bond donors (Lipinski definition) is 0. The van der Waals surface area contributed by atoms with Crippen molar-refractivity contribution in [3.63, 3.8) is 0 Å². The van der Waals surface area contributed by atoms with E-state index in [1.54, 1.807) is 20.8 Å². The van der Waals surface area contributed by atoms with E-state index < -0.39 is 22.8 Å². The van der Waals surface area contributed by atoms with Crippen LogP contribution in [0.5, 0.6) is 0 Å². The molecule has 1 aliphatic carbocycles. The summed E-state index contributed by atoms with van der Waals surface area (Å²) in [6.07, 6.45) is 0. The maximum atomic E-state index is 11.6. The van der Waals surface area contributed by atoms with Crippen molar-refractivity contribution in [1.29, 1.82) is 5.26 Å². The molecule has 0 heterocycles. The number of ether oxygens (including phenoxy) is 1. The molecule has 0 amide bonds. The Morgan fingerprint density at radius 1 is 1.73 bits per heavy atom. The highest BCUT2D eigenvalue weighted by molar-refractivity contribution is 5.87. The Morgan fingerprint density at radius 3 is 2.73 bits per heavy atom. The van der Waals surface area contributed by atoms with Gasteiger partial charge in [-0.15, -0.1) is 0 Å². The molecule has 1 rings (SSSR count). The highest BCUT2D eigenvalue weighted by Crippen LogP contribution is 2.65. The molecule has 15 heavy (non-hydrogen) atoms. The molecule has 0 aromatic rings. The summed E-state index contributed by atoms with van der Waals surface area (Å²) in [5.74, 6) is -0.602. The average molecular weight is 208 g/mol. The van der Waals surface area contributed by atoms with Crippen LogP contribution in [0.2, 0.25) is 0 Å². The van der Waals surface area contributed by atoms with E-state index in [2.05, 4.69) is 10.0 Å². The third-order valence-corrected chi connectivity index (χ3v) is 2.97. The lowest BCUT2D eigenvalue weighted by Crippen LogP contribution is -2.23. The standard InChI is InChI=1S/C9H12N4O2/c1-4-15-7(14)9(5-10)6(12-13-11)8(9,2)3/h6H,4H2,1-3H3. The highest BCUT2D eigenvalue weighted by Gasteiger charge is 2.77. The second-order valence-corrected chi connectivity index (χ2v) is 3.97. The quantitative estimate of drug-likeness (QED) is 0.306. The number of nitriles is 1. The molecule has 2 unspecified atom stereocenters. The van der Waals surface area contributed by atoms with Gasteiger partial charge >= 0.3 is 5.97 Å². The van der Waals surface area contributed by atoms with Crippen molar-refractivity contribution in [3.05, 3.63) is 10.4 Å². The van der Waals surface area contributed by atoms with Crippen LogP contribution in [-0.4, -0.2) is 18.6 Å². The van der Waals surface area contributed by atoms with E-state index in [4.69, 9.17) is 15.5 Å². The zero-order valence-electron chi connectivity index (χ0n) is 8.89. The minimum absolute atomic E-state index is 0.210. The molecular formula is C9H12N4O2. The Balaban J connectivity index is 3.05. The third-order valence-electron chi connectivity index (χ3n) is 2.97. The lowest BCUT2D eigenvalue weighted by Gasteiger charge is -2.09. The largest absolute Gasteiger partial charge is 0.465 e. The number of hydrogen-bond acceptors (Lipinski definition) is 4. The van der Waals surface area contributed by atoms with Gasteiger partial charge in [-0.3, -0.25) is 4.79 Å². The van der Waals surface area contributed by atoms with Crippen LogP contribution in [0.1, 0.15) is 20.8 Å². The molecule has 2 atom stereocenters. The fourth-order valence-electron chi connectivity index (χ4n) is 1.89. The average Bonchev–Trinajstić information content (AvgIpc) is 2.65. The van der Waals surface area contributed by atoms with Gasteiger partial charge in [0.1, 0.15) is 0 Å². The number of azide groups is 1. The topological polar surface area (TPSA) is 98.9 Å². The molecule has 1 fully saturated rings. The number of rotatable bonds is 3. The highest BCUT2D eigenvalue weighted by atomic mass is 16.5. The molecule has 0 saturated heterocycles. The van der Waals surface area contributed by atoms with Gasteiger partial charge in [-0.2, -0.15) is 5.26 Å². The normalized spacial score (nSPS) is 30.9. The molecule has 0 aliphatic heterocycles. The van der Waals surface area contributed by atoms with E-state index in [0.717, 1.165) is 0 Å². The van der Waals surface area contributed by atoms with Crippen molar-refractivity contribution >= 4 is 5.97 Å². The van der Waals surface area contributed by atoms with Gasteiger partial charge in [-0.25, -0.2) is 0 Å². The first-order valence-electron chi connectivity index (χ1n) is 4.61. The second-order valence-electron chi connectivity index (χ2n) is 3.97. The minimum Gasteiger partial charge on any atom is -0.465 e. The summed E-state index contributed by atoms with van der Waals surface area (Å²) < 4.78 is 4.83. The number of carbonyl (C=O) groups excluding carboxylic acids is 1. The Hall–Kier alpha value is -1.73. The molecule has 6 heteroatoms. The van der Waals surface area contributed by atoms with Gasteiger partial charge in [0.05, 0.1) is 18.7 Å². The predicted octanol–water partition coefficient (Wildman–Crippen LogP) is 1.78. The molecule has 0 N–H and O–H groups in total. The minimum atomic E-state index is -1.31. The number of carbonyl (C=O) groups is 1. The monoisotopic (exact) mass is 208 g/mol. The first kappa shape index (κ1) is 11.3. The summed E-state index contributed by atoms with van der Waals surface area (Å²) in [4.78, 5) is 14.3. The zero-order valence-corrected chi connectivity index (χ0v) is 8.89. The molecule has 1 aliphatic rings. The van der Waals surface area contributed by atoms with Crippen LogP contribution in [0, 0.1) is 22.2 Å². The lowest BCUT2D eigenvalue weighted by atomic mass is 9.98. The van der Waals surface area contributed by atoms with Crippen LogP contribution in [0.15, 0.2) is 5.11 Å². The van der Waals surface area contributed by atoms with E-state index in [1.165, 1.54) is 0 Å². The Labute approximate surface area is 87.5 Å². The maximum Gasteiger partial charge on any atom is 0.327 e. The van der Waals surface area contributed by atoms with E-state index in [0.29, 0.717) is 0 Å². The molecule has 0 bridgehead atoms. The summed E-state index contributed by atoms with van der Waals surface area (Å²) in [6, 6.07) is 1.28. The fraction of sp³-hybridized carbons (Fsp3) is 0.778. The molecule has 6 nitrogen and oxygen atoms in total. The fourth-order valence-corrected chi connectivity index (χ4v) is 1.89. The van der Waals surface area contributed by atoms with Crippen molar-refractivity contribution in [2.45, 2.75) is 26.8 Å². The Bertz CT molecular complexity index is 378. The first-order valence-corrected chi connectivity index (χ1v) is 4.61. The van der Waals surface area contributed by atoms with E-state index in [9.17, 15) is 4.79 Å². The van der Waals surface area contributed by atoms with Crippen molar-refractivity contribution in [2.75, 3.05) is 6.61 Å². The summed E-state index contributed by atoms with van der Waals surface area (Å²) in [7, 11) is 0. The van der Waals surface area contributed by atoms with Gasteiger partial charge in [0.2, 0.25) is 0 Å².